The van der Waals surface area contributed by atoms with E-state index in [0.29, 0.717) is 23.8 Å². The van der Waals surface area contributed by atoms with E-state index in [9.17, 15) is 5.11 Å². The van der Waals surface area contributed by atoms with E-state index >= 15 is 0 Å². The molecule has 3 aromatic heterocycles. The van der Waals surface area contributed by atoms with Gasteiger partial charge in [0.1, 0.15) is 5.82 Å². The summed E-state index contributed by atoms with van der Waals surface area (Å²) in [6, 6.07) is 18.4. The van der Waals surface area contributed by atoms with Gasteiger partial charge in [0.25, 0.3) is 0 Å². The van der Waals surface area contributed by atoms with Crippen molar-refractivity contribution >= 4 is 11.6 Å². The number of aromatic amines is 1. The van der Waals surface area contributed by atoms with Crippen LogP contribution in [-0.4, -0.2) is 40.1 Å². The zero-order valence-electron chi connectivity index (χ0n) is 17.5. The average molecular weight is 426 g/mol. The van der Waals surface area contributed by atoms with Crippen molar-refractivity contribution < 1.29 is 5.11 Å². The zero-order chi connectivity index (χ0) is 21.9. The van der Waals surface area contributed by atoms with E-state index in [1.807, 2.05) is 34.7 Å². The summed E-state index contributed by atoms with van der Waals surface area (Å²) in [7, 11) is 0. The number of hydrogen-bond acceptors (Lipinski definition) is 7. The standard InChI is InChI=1S/C23H22N8O/c1-2-17-11-21(31-18(14-32)13-25-23(31)26-17)24-12-15-7-9-16(10-8-15)19-5-3-4-6-20(19)22-27-29-30-28-22/h3-11,13,24,32H,2,12,14H2,1H3,(H,27,28,29,30). The van der Waals surface area contributed by atoms with Crippen LogP contribution >= 0.6 is 0 Å². The van der Waals surface area contributed by atoms with Crippen LogP contribution in [0.3, 0.4) is 0 Å². The van der Waals surface area contributed by atoms with Gasteiger partial charge < -0.3 is 10.4 Å². The van der Waals surface area contributed by atoms with Gasteiger partial charge in [-0.3, -0.25) is 4.40 Å². The first kappa shape index (κ1) is 19.8. The maximum atomic E-state index is 9.66. The molecule has 2 aromatic carbocycles. The van der Waals surface area contributed by atoms with Crippen molar-refractivity contribution in [3.8, 4) is 22.5 Å². The third-order valence-electron chi connectivity index (χ3n) is 5.38. The summed E-state index contributed by atoms with van der Waals surface area (Å²) < 4.78 is 1.86. The molecular weight excluding hydrogens is 404 g/mol. The first-order valence-electron chi connectivity index (χ1n) is 10.4. The normalized spacial score (nSPS) is 11.2. The van der Waals surface area contributed by atoms with Crippen LogP contribution in [0.15, 0.2) is 60.8 Å². The van der Waals surface area contributed by atoms with Crippen molar-refractivity contribution in [1.29, 1.82) is 0 Å². The molecule has 0 aliphatic rings. The number of tetrazole rings is 1. The lowest BCUT2D eigenvalue weighted by Crippen LogP contribution is -2.08. The Kier molecular flexibility index (Phi) is 5.30. The molecule has 0 radical (unpaired) electrons. The number of H-pyrrole nitrogens is 1. The van der Waals surface area contributed by atoms with E-state index in [4.69, 9.17) is 0 Å². The lowest BCUT2D eigenvalue weighted by Gasteiger charge is -2.13. The third kappa shape index (κ3) is 3.69. The molecule has 0 unspecified atom stereocenters. The zero-order valence-corrected chi connectivity index (χ0v) is 17.5. The Morgan fingerprint density at radius 3 is 2.59 bits per heavy atom. The topological polar surface area (TPSA) is 117 Å². The van der Waals surface area contributed by atoms with Gasteiger partial charge in [-0.25, -0.2) is 9.97 Å². The van der Waals surface area contributed by atoms with E-state index in [-0.39, 0.29) is 6.61 Å². The molecule has 0 bridgehead atoms. The average Bonchev–Trinajstić information content (AvgIpc) is 3.53. The maximum Gasteiger partial charge on any atom is 0.235 e. The minimum absolute atomic E-state index is 0.0997. The number of aliphatic hydroxyl groups is 1. The van der Waals surface area contributed by atoms with Gasteiger partial charge in [-0.2, -0.15) is 5.21 Å². The monoisotopic (exact) mass is 426 g/mol. The summed E-state index contributed by atoms with van der Waals surface area (Å²) in [5.41, 5.74) is 5.82. The Bertz CT molecular complexity index is 1340. The highest BCUT2D eigenvalue weighted by atomic mass is 16.3. The first-order chi connectivity index (χ1) is 15.8. The number of imidazole rings is 1. The molecule has 0 saturated heterocycles. The molecule has 5 aromatic rings. The van der Waals surface area contributed by atoms with Crippen molar-refractivity contribution in [2.45, 2.75) is 26.5 Å². The highest BCUT2D eigenvalue weighted by Crippen LogP contribution is 2.29. The van der Waals surface area contributed by atoms with Gasteiger partial charge in [-0.15, -0.1) is 10.2 Å². The molecule has 9 nitrogen and oxygen atoms in total. The second-order valence-corrected chi connectivity index (χ2v) is 7.36. The van der Waals surface area contributed by atoms with Crippen LogP contribution in [0.4, 0.5) is 5.82 Å². The molecule has 3 heterocycles. The van der Waals surface area contributed by atoms with Crippen LogP contribution in [0, 0.1) is 0 Å². The van der Waals surface area contributed by atoms with Gasteiger partial charge in [0, 0.05) is 23.9 Å². The fourth-order valence-corrected chi connectivity index (χ4v) is 3.72. The number of benzene rings is 2. The summed E-state index contributed by atoms with van der Waals surface area (Å²) in [6.07, 6.45) is 2.46. The SMILES string of the molecule is CCc1cc(NCc2ccc(-c3ccccc3-c3nn[nH]n3)cc2)n2c(CO)cnc2n1. The van der Waals surface area contributed by atoms with Crippen LogP contribution < -0.4 is 5.32 Å². The van der Waals surface area contributed by atoms with Gasteiger partial charge in [-0.1, -0.05) is 55.5 Å². The number of aliphatic hydroxyl groups excluding tert-OH is 1. The van der Waals surface area contributed by atoms with Gasteiger partial charge in [-0.05, 0) is 28.3 Å². The highest BCUT2D eigenvalue weighted by Gasteiger charge is 2.12. The highest BCUT2D eigenvalue weighted by molar-refractivity contribution is 5.80. The van der Waals surface area contributed by atoms with E-state index in [1.165, 1.54) is 0 Å². The molecule has 0 amide bonds. The van der Waals surface area contributed by atoms with Crippen LogP contribution in [0.25, 0.3) is 28.3 Å². The molecule has 9 heteroatoms. The molecule has 3 N–H and O–H groups in total. The smallest absolute Gasteiger partial charge is 0.235 e. The van der Waals surface area contributed by atoms with Crippen molar-refractivity contribution in [3.05, 3.63) is 77.7 Å². The molecule has 0 atom stereocenters. The number of rotatable bonds is 7. The van der Waals surface area contributed by atoms with E-state index in [1.54, 1.807) is 6.20 Å². The lowest BCUT2D eigenvalue weighted by molar-refractivity contribution is 0.276. The van der Waals surface area contributed by atoms with E-state index in [0.717, 1.165) is 40.2 Å². The Hall–Kier alpha value is -4.11. The number of aromatic nitrogens is 7. The molecule has 0 fully saturated rings. The Morgan fingerprint density at radius 1 is 1.06 bits per heavy atom. The van der Waals surface area contributed by atoms with Crippen molar-refractivity contribution in [2.24, 2.45) is 0 Å². The number of anilines is 1. The van der Waals surface area contributed by atoms with Crippen LogP contribution in [0.5, 0.6) is 0 Å². The molecule has 0 saturated carbocycles. The number of fused-ring (bicyclic) bond motifs is 1. The summed E-state index contributed by atoms with van der Waals surface area (Å²) >= 11 is 0. The predicted octanol–water partition coefficient (Wildman–Crippen LogP) is 3.24. The summed E-state index contributed by atoms with van der Waals surface area (Å²) in [4.78, 5) is 8.86. The summed E-state index contributed by atoms with van der Waals surface area (Å²) in [6.45, 7) is 2.58. The quantitative estimate of drug-likeness (QED) is 0.366. The summed E-state index contributed by atoms with van der Waals surface area (Å²) in [5, 5.41) is 27.5. The van der Waals surface area contributed by atoms with Crippen molar-refractivity contribution in [2.75, 3.05) is 5.32 Å². The minimum Gasteiger partial charge on any atom is -0.390 e. The van der Waals surface area contributed by atoms with Gasteiger partial charge in [0.05, 0.1) is 18.5 Å². The third-order valence-corrected chi connectivity index (χ3v) is 5.38. The fourth-order valence-electron chi connectivity index (χ4n) is 3.72. The maximum absolute atomic E-state index is 9.66. The van der Waals surface area contributed by atoms with Crippen LogP contribution in [-0.2, 0) is 19.6 Å². The fraction of sp³-hybridized carbons (Fsp3) is 0.174. The molecule has 160 valence electrons. The molecule has 0 spiro atoms. The largest absolute Gasteiger partial charge is 0.390 e. The van der Waals surface area contributed by atoms with Crippen molar-refractivity contribution in [3.63, 3.8) is 0 Å². The molecular formula is C23H22N8O. The summed E-state index contributed by atoms with van der Waals surface area (Å²) in [5.74, 6) is 2.02. The molecule has 5 rings (SSSR count). The predicted molar refractivity (Wildman–Crippen MR) is 121 cm³/mol. The minimum atomic E-state index is -0.0997. The number of nitrogens with zero attached hydrogens (tertiary/aromatic N) is 6. The molecule has 0 aliphatic carbocycles. The Labute approximate surface area is 184 Å². The molecule has 32 heavy (non-hydrogen) atoms. The molecule has 0 aliphatic heterocycles. The van der Waals surface area contributed by atoms with Crippen LogP contribution in [0.2, 0.25) is 0 Å². The number of aryl methyl sites for hydroxylation is 1. The van der Waals surface area contributed by atoms with E-state index < -0.39 is 0 Å². The van der Waals surface area contributed by atoms with E-state index in [2.05, 4.69) is 67.1 Å². The van der Waals surface area contributed by atoms with Crippen molar-refractivity contribution in [1.82, 2.24) is 35.0 Å². The van der Waals surface area contributed by atoms with Gasteiger partial charge in [0.15, 0.2) is 0 Å². The first-order valence-corrected chi connectivity index (χ1v) is 10.4. The van der Waals surface area contributed by atoms with Crippen LogP contribution in [0.1, 0.15) is 23.9 Å². The second-order valence-electron chi connectivity index (χ2n) is 7.36. The number of nitrogens with one attached hydrogen (secondary N) is 2. The van der Waals surface area contributed by atoms with Gasteiger partial charge in [0.2, 0.25) is 11.6 Å². The lowest BCUT2D eigenvalue weighted by atomic mass is 9.98. The Balaban J connectivity index is 1.40. The van der Waals surface area contributed by atoms with Gasteiger partial charge >= 0.3 is 0 Å². The Morgan fingerprint density at radius 2 is 1.88 bits per heavy atom. The number of hydrogen-bond donors (Lipinski definition) is 3. The second kappa shape index (κ2) is 8.56.